The number of hydrogen-bond acceptors (Lipinski definition) is 7. The molecular weight excluding hydrogens is 366 g/mol. The number of aromatic nitrogens is 1. The molecule has 3 rings (SSSR count). The molecule has 3 aromatic rings. The molecule has 8 heteroatoms. The van der Waals surface area contributed by atoms with Crippen molar-refractivity contribution >= 4 is 22.2 Å². The molecule has 1 heterocycles. The Hall–Kier alpha value is -3.13. The van der Waals surface area contributed by atoms with Gasteiger partial charge in [0.15, 0.2) is 16.6 Å². The Morgan fingerprint density at radius 2 is 1.93 bits per heavy atom. The predicted molar refractivity (Wildman–Crippen MR) is 106 cm³/mol. The second-order valence-electron chi connectivity index (χ2n) is 5.87. The summed E-state index contributed by atoms with van der Waals surface area (Å²) in [6, 6.07) is 12.3. The van der Waals surface area contributed by atoms with Crippen LogP contribution in [0.15, 0.2) is 47.8 Å². The van der Waals surface area contributed by atoms with Crippen molar-refractivity contribution in [2.45, 2.75) is 6.54 Å². The van der Waals surface area contributed by atoms with E-state index in [1.54, 1.807) is 20.3 Å². The van der Waals surface area contributed by atoms with Crippen LogP contribution in [0.5, 0.6) is 11.5 Å². The molecule has 1 aromatic heterocycles. The third kappa shape index (κ3) is 4.17. The first kappa shape index (κ1) is 18.7. The van der Waals surface area contributed by atoms with Crippen molar-refractivity contribution in [3.63, 3.8) is 0 Å². The molecule has 27 heavy (non-hydrogen) atoms. The van der Waals surface area contributed by atoms with Crippen LogP contribution >= 0.6 is 11.3 Å². The molecule has 0 aliphatic rings. The van der Waals surface area contributed by atoms with Gasteiger partial charge in [0.2, 0.25) is 0 Å². The molecule has 0 aliphatic carbocycles. The number of methoxy groups -OCH3 is 2. The SMILES string of the molecule is COc1ccc(CN(C)c2nc(-c3cccc([N+](=O)[O-])c3)cs2)cc1OC. The molecule has 0 spiro atoms. The highest BCUT2D eigenvalue weighted by Crippen LogP contribution is 2.31. The summed E-state index contributed by atoms with van der Waals surface area (Å²) in [5.41, 5.74) is 2.56. The van der Waals surface area contributed by atoms with Crippen LogP contribution < -0.4 is 14.4 Å². The van der Waals surface area contributed by atoms with E-state index in [0.717, 1.165) is 22.0 Å². The van der Waals surface area contributed by atoms with Gasteiger partial charge in [-0.3, -0.25) is 10.1 Å². The Morgan fingerprint density at radius 3 is 2.63 bits per heavy atom. The van der Waals surface area contributed by atoms with Crippen molar-refractivity contribution in [3.05, 3.63) is 63.5 Å². The number of nitro groups is 1. The van der Waals surface area contributed by atoms with Crippen LogP contribution in [0.2, 0.25) is 0 Å². The summed E-state index contributed by atoms with van der Waals surface area (Å²) in [7, 11) is 5.17. The van der Waals surface area contributed by atoms with Crippen molar-refractivity contribution in [2.75, 3.05) is 26.2 Å². The molecule has 0 amide bonds. The molecule has 7 nitrogen and oxygen atoms in total. The molecule has 0 bridgehead atoms. The Kier molecular flexibility index (Phi) is 5.56. The molecule has 0 saturated carbocycles. The normalized spacial score (nSPS) is 10.5. The summed E-state index contributed by atoms with van der Waals surface area (Å²) in [6.07, 6.45) is 0. The average Bonchev–Trinajstić information content (AvgIpc) is 3.18. The quantitative estimate of drug-likeness (QED) is 0.444. The van der Waals surface area contributed by atoms with E-state index in [2.05, 4.69) is 4.98 Å². The molecule has 2 aromatic carbocycles. The number of thiazole rings is 1. The van der Waals surface area contributed by atoms with Gasteiger partial charge in [-0.2, -0.15) is 0 Å². The van der Waals surface area contributed by atoms with Crippen molar-refractivity contribution in [1.82, 2.24) is 4.98 Å². The fourth-order valence-electron chi connectivity index (χ4n) is 2.67. The lowest BCUT2D eigenvalue weighted by molar-refractivity contribution is -0.384. The van der Waals surface area contributed by atoms with Gasteiger partial charge in [0, 0.05) is 36.7 Å². The van der Waals surface area contributed by atoms with Crippen LogP contribution in [0, 0.1) is 10.1 Å². The second-order valence-corrected chi connectivity index (χ2v) is 6.70. The summed E-state index contributed by atoms with van der Waals surface area (Å²) >= 11 is 1.49. The van der Waals surface area contributed by atoms with E-state index in [1.165, 1.54) is 23.5 Å². The standard InChI is InChI=1S/C19H19N3O4S/c1-21(11-13-7-8-17(25-2)18(9-13)26-3)19-20-16(12-27-19)14-5-4-6-15(10-14)22(23)24/h4-10,12H,11H2,1-3H3. The van der Waals surface area contributed by atoms with Gasteiger partial charge in [-0.1, -0.05) is 18.2 Å². The van der Waals surface area contributed by atoms with E-state index in [0.29, 0.717) is 18.0 Å². The van der Waals surface area contributed by atoms with Gasteiger partial charge >= 0.3 is 0 Å². The third-order valence-electron chi connectivity index (χ3n) is 4.04. The number of anilines is 1. The zero-order chi connectivity index (χ0) is 19.4. The minimum absolute atomic E-state index is 0.0562. The molecule has 0 unspecified atom stereocenters. The Bertz CT molecular complexity index is 958. The van der Waals surface area contributed by atoms with Crippen molar-refractivity contribution < 1.29 is 14.4 Å². The minimum atomic E-state index is -0.403. The fraction of sp³-hybridized carbons (Fsp3) is 0.211. The predicted octanol–water partition coefficient (Wildman–Crippen LogP) is 4.37. The van der Waals surface area contributed by atoms with E-state index < -0.39 is 4.92 Å². The van der Waals surface area contributed by atoms with Gasteiger partial charge in [0.1, 0.15) is 0 Å². The Labute approximate surface area is 161 Å². The highest BCUT2D eigenvalue weighted by molar-refractivity contribution is 7.14. The molecule has 0 fully saturated rings. The zero-order valence-corrected chi connectivity index (χ0v) is 16.0. The second kappa shape index (κ2) is 8.05. The third-order valence-corrected chi connectivity index (χ3v) is 4.99. The number of nitro benzene ring substituents is 1. The lowest BCUT2D eigenvalue weighted by Gasteiger charge is -2.17. The lowest BCUT2D eigenvalue weighted by atomic mass is 10.1. The summed E-state index contributed by atoms with van der Waals surface area (Å²) in [5, 5.41) is 13.7. The number of non-ortho nitro benzene ring substituents is 1. The van der Waals surface area contributed by atoms with Crippen LogP contribution in [-0.2, 0) is 6.54 Å². The van der Waals surface area contributed by atoms with Crippen LogP contribution in [0.4, 0.5) is 10.8 Å². The molecule has 0 saturated heterocycles. The molecule has 0 atom stereocenters. The van der Waals surface area contributed by atoms with Crippen LogP contribution in [0.3, 0.4) is 0 Å². The maximum atomic E-state index is 11.0. The average molecular weight is 385 g/mol. The summed E-state index contributed by atoms with van der Waals surface area (Å²) < 4.78 is 10.6. The minimum Gasteiger partial charge on any atom is -0.493 e. The maximum Gasteiger partial charge on any atom is 0.270 e. The van der Waals surface area contributed by atoms with E-state index in [9.17, 15) is 10.1 Å². The largest absolute Gasteiger partial charge is 0.493 e. The molecule has 0 radical (unpaired) electrons. The van der Waals surface area contributed by atoms with E-state index >= 15 is 0 Å². The number of hydrogen-bond donors (Lipinski definition) is 0. The van der Waals surface area contributed by atoms with Crippen molar-refractivity contribution in [2.24, 2.45) is 0 Å². The summed E-state index contributed by atoms with van der Waals surface area (Å²) in [5.74, 6) is 1.37. The lowest BCUT2D eigenvalue weighted by Crippen LogP contribution is -2.16. The van der Waals surface area contributed by atoms with Crippen LogP contribution in [0.25, 0.3) is 11.3 Å². The maximum absolute atomic E-state index is 11.0. The van der Waals surface area contributed by atoms with E-state index in [-0.39, 0.29) is 5.69 Å². The number of rotatable bonds is 7. The molecule has 140 valence electrons. The summed E-state index contributed by atoms with van der Waals surface area (Å²) in [6.45, 7) is 0.641. The first-order valence-corrected chi connectivity index (χ1v) is 9.02. The van der Waals surface area contributed by atoms with Gasteiger partial charge in [-0.25, -0.2) is 4.98 Å². The Morgan fingerprint density at radius 1 is 1.15 bits per heavy atom. The van der Waals surface area contributed by atoms with Gasteiger partial charge in [-0.05, 0) is 17.7 Å². The van der Waals surface area contributed by atoms with Gasteiger partial charge in [-0.15, -0.1) is 11.3 Å². The molecule has 0 aliphatic heterocycles. The first-order valence-electron chi connectivity index (χ1n) is 8.14. The monoisotopic (exact) mass is 385 g/mol. The smallest absolute Gasteiger partial charge is 0.270 e. The van der Waals surface area contributed by atoms with Gasteiger partial charge in [0.05, 0.1) is 24.8 Å². The summed E-state index contributed by atoms with van der Waals surface area (Å²) in [4.78, 5) is 17.2. The molecule has 0 N–H and O–H groups in total. The highest BCUT2D eigenvalue weighted by Gasteiger charge is 2.13. The van der Waals surface area contributed by atoms with E-state index in [1.807, 2.05) is 41.6 Å². The van der Waals surface area contributed by atoms with Crippen molar-refractivity contribution in [3.8, 4) is 22.8 Å². The number of nitrogens with zero attached hydrogens (tertiary/aromatic N) is 3. The number of benzene rings is 2. The topological polar surface area (TPSA) is 77.7 Å². The fourth-order valence-corrected chi connectivity index (χ4v) is 3.47. The first-order chi connectivity index (χ1) is 13.0. The van der Waals surface area contributed by atoms with Crippen LogP contribution in [-0.4, -0.2) is 31.2 Å². The molecular formula is C19H19N3O4S. The number of ether oxygens (including phenoxy) is 2. The van der Waals surface area contributed by atoms with Gasteiger partial charge in [0.25, 0.3) is 5.69 Å². The zero-order valence-electron chi connectivity index (χ0n) is 15.2. The highest BCUT2D eigenvalue weighted by atomic mass is 32.1. The Balaban J connectivity index is 1.78. The van der Waals surface area contributed by atoms with Crippen molar-refractivity contribution in [1.29, 1.82) is 0 Å². The van der Waals surface area contributed by atoms with Gasteiger partial charge < -0.3 is 14.4 Å². The van der Waals surface area contributed by atoms with E-state index in [4.69, 9.17) is 9.47 Å². The van der Waals surface area contributed by atoms with Crippen LogP contribution in [0.1, 0.15) is 5.56 Å².